The number of aliphatic hydroxyl groups is 1. The number of benzene rings is 2. The minimum absolute atomic E-state index is 0.150. The monoisotopic (exact) mass is 527 g/mol. The van der Waals surface area contributed by atoms with Crippen LogP contribution in [-0.2, 0) is 12.8 Å². The molecule has 0 spiro atoms. The number of para-hydroxylation sites is 1. The van der Waals surface area contributed by atoms with Gasteiger partial charge in [-0.3, -0.25) is 9.29 Å². The minimum Gasteiger partial charge on any atom is -0.390 e. The van der Waals surface area contributed by atoms with E-state index in [9.17, 15) is 22.7 Å². The molecule has 202 valence electrons. The Morgan fingerprint density at radius 2 is 1.84 bits per heavy atom. The number of rotatable bonds is 11. The predicted octanol–water partition coefficient (Wildman–Crippen LogP) is 5.43. The average molecular weight is 528 g/mol. The largest absolute Gasteiger partial charge is 0.390 e. The first-order chi connectivity index (χ1) is 17.7. The summed E-state index contributed by atoms with van der Waals surface area (Å²) in [5, 5.41) is 12.8. The molecule has 1 aliphatic heterocycles. The molecule has 37 heavy (non-hydrogen) atoms. The number of fused-ring (bicyclic) bond motifs is 3. The lowest BCUT2D eigenvalue weighted by molar-refractivity contribution is -0.0869. The molecule has 0 saturated heterocycles. The molecule has 0 radical (unpaired) electrons. The smallest absolute Gasteiger partial charge is 0.283 e. The van der Waals surface area contributed by atoms with Crippen LogP contribution in [0.3, 0.4) is 0 Å². The first-order valence-corrected chi connectivity index (χ1v) is 12.4. The lowest BCUT2D eigenvalue weighted by Gasteiger charge is -2.42. The van der Waals surface area contributed by atoms with E-state index in [0.717, 1.165) is 6.07 Å². The van der Waals surface area contributed by atoms with Crippen LogP contribution < -0.4 is 5.32 Å². The molecular weight excluding hydrogens is 496 g/mol. The molecule has 2 heterocycles. The predicted molar refractivity (Wildman–Crippen MR) is 130 cm³/mol. The van der Waals surface area contributed by atoms with E-state index in [0.29, 0.717) is 36.9 Å². The molecule has 10 heteroatoms. The maximum Gasteiger partial charge on any atom is 0.283 e. The molecule has 4 nitrogen and oxygen atoms in total. The van der Waals surface area contributed by atoms with Gasteiger partial charge in [0.15, 0.2) is 0 Å². The van der Waals surface area contributed by atoms with E-state index in [4.69, 9.17) is 0 Å². The Bertz CT molecular complexity index is 1230. The van der Waals surface area contributed by atoms with Crippen LogP contribution in [0.25, 0.3) is 10.9 Å². The van der Waals surface area contributed by atoms with Crippen molar-refractivity contribution in [2.45, 2.75) is 50.6 Å². The highest BCUT2D eigenvalue weighted by atomic mass is 19.3. The lowest BCUT2D eigenvalue weighted by Crippen LogP contribution is -2.49. The molecule has 2 atom stereocenters. The first-order valence-electron chi connectivity index (χ1n) is 12.4. The fourth-order valence-corrected chi connectivity index (χ4v) is 5.20. The van der Waals surface area contributed by atoms with Gasteiger partial charge in [0.05, 0.1) is 24.8 Å². The van der Waals surface area contributed by atoms with Gasteiger partial charge in [0.1, 0.15) is 24.1 Å². The van der Waals surface area contributed by atoms with E-state index < -0.39 is 60.8 Å². The number of halogens is 6. The molecule has 0 fully saturated rings. The molecule has 4 rings (SSSR count). The van der Waals surface area contributed by atoms with Crippen molar-refractivity contribution in [3.8, 4) is 0 Å². The zero-order valence-electron chi connectivity index (χ0n) is 20.6. The third-order valence-electron chi connectivity index (χ3n) is 7.01. The second-order valence-electron chi connectivity index (χ2n) is 9.65. The average Bonchev–Trinajstić information content (AvgIpc) is 3.23. The van der Waals surface area contributed by atoms with Crippen LogP contribution in [-0.4, -0.2) is 59.9 Å². The van der Waals surface area contributed by atoms with Crippen LogP contribution in [0, 0.1) is 17.5 Å². The quantitative estimate of drug-likeness (QED) is 0.230. The van der Waals surface area contributed by atoms with Gasteiger partial charge in [-0.25, -0.2) is 22.0 Å². The number of hydrogen-bond acceptors (Lipinski definition) is 3. The van der Waals surface area contributed by atoms with Crippen molar-refractivity contribution in [3.63, 3.8) is 0 Å². The number of aryl methyl sites for hydroxylation is 1. The number of H-pyrrole nitrogens is 1. The van der Waals surface area contributed by atoms with Crippen molar-refractivity contribution in [1.29, 1.82) is 0 Å². The van der Waals surface area contributed by atoms with Gasteiger partial charge < -0.3 is 15.4 Å². The van der Waals surface area contributed by atoms with Crippen molar-refractivity contribution < 1.29 is 31.4 Å². The van der Waals surface area contributed by atoms with Gasteiger partial charge in [-0.05, 0) is 69.0 Å². The van der Waals surface area contributed by atoms with Gasteiger partial charge in [-0.1, -0.05) is 18.2 Å². The Morgan fingerprint density at radius 1 is 1.08 bits per heavy atom. The summed E-state index contributed by atoms with van der Waals surface area (Å²) in [4.78, 5) is 4.21. The van der Waals surface area contributed by atoms with Gasteiger partial charge in [-0.15, -0.1) is 0 Å². The van der Waals surface area contributed by atoms with Crippen molar-refractivity contribution in [1.82, 2.24) is 15.2 Å². The van der Waals surface area contributed by atoms with Crippen molar-refractivity contribution in [3.05, 3.63) is 70.2 Å². The highest BCUT2D eigenvalue weighted by molar-refractivity contribution is 5.86. The van der Waals surface area contributed by atoms with Crippen LogP contribution in [0.2, 0.25) is 0 Å². The number of nitrogens with zero attached hydrogens (tertiary/aromatic N) is 1. The van der Waals surface area contributed by atoms with E-state index in [2.05, 4.69) is 10.3 Å². The Morgan fingerprint density at radius 3 is 2.57 bits per heavy atom. The summed E-state index contributed by atoms with van der Waals surface area (Å²) < 4.78 is 87.0. The second-order valence-corrected chi connectivity index (χ2v) is 9.65. The van der Waals surface area contributed by atoms with Gasteiger partial charge in [0.2, 0.25) is 0 Å². The molecule has 3 N–H and O–H groups in total. The number of alkyl halides is 3. The van der Waals surface area contributed by atoms with Crippen LogP contribution in [0.1, 0.15) is 48.2 Å². The SMILES string of the molecule is C[C@@H]1Cc2c([nH]c3c(F)cccc23)C(c2c(F)ccc(CCCNCCCF)c2F)N1CC(F)(F)CO. The molecule has 0 bridgehead atoms. The molecule has 2 aromatic carbocycles. The Hall–Kier alpha value is -2.56. The first kappa shape index (κ1) is 27.5. The molecule has 0 saturated carbocycles. The summed E-state index contributed by atoms with van der Waals surface area (Å²) in [6.07, 6.45) is 1.39. The molecule has 0 amide bonds. The van der Waals surface area contributed by atoms with E-state index >= 15 is 8.78 Å². The van der Waals surface area contributed by atoms with E-state index in [1.807, 2.05) is 0 Å². The van der Waals surface area contributed by atoms with E-state index in [1.165, 1.54) is 23.1 Å². The van der Waals surface area contributed by atoms with Crippen LogP contribution in [0.5, 0.6) is 0 Å². The third-order valence-corrected chi connectivity index (χ3v) is 7.01. The fourth-order valence-electron chi connectivity index (χ4n) is 5.20. The molecular formula is C27H31F6N3O. The highest BCUT2D eigenvalue weighted by Gasteiger charge is 2.43. The second kappa shape index (κ2) is 11.4. The summed E-state index contributed by atoms with van der Waals surface area (Å²) in [6.45, 7) is -0.126. The zero-order chi connectivity index (χ0) is 26.7. The summed E-state index contributed by atoms with van der Waals surface area (Å²) in [5.74, 6) is -5.81. The fraction of sp³-hybridized carbons (Fsp3) is 0.481. The normalized spacial score (nSPS) is 18.5. The molecule has 1 aliphatic rings. The van der Waals surface area contributed by atoms with Crippen molar-refractivity contribution in [2.75, 3.05) is 32.9 Å². The number of aromatic amines is 1. The van der Waals surface area contributed by atoms with Crippen molar-refractivity contribution in [2.24, 2.45) is 0 Å². The Kier molecular flexibility index (Phi) is 8.50. The zero-order valence-corrected chi connectivity index (χ0v) is 20.6. The summed E-state index contributed by atoms with van der Waals surface area (Å²) in [5.41, 5.74) is 0.861. The number of aromatic nitrogens is 1. The highest BCUT2D eigenvalue weighted by Crippen LogP contribution is 2.44. The Labute approximate surface area is 211 Å². The maximum atomic E-state index is 15.9. The topological polar surface area (TPSA) is 51.3 Å². The molecule has 1 aromatic heterocycles. The van der Waals surface area contributed by atoms with Crippen LogP contribution in [0.4, 0.5) is 26.3 Å². The molecule has 0 aliphatic carbocycles. The van der Waals surface area contributed by atoms with Gasteiger partial charge in [0, 0.05) is 22.7 Å². The molecule has 3 aromatic rings. The van der Waals surface area contributed by atoms with Crippen LogP contribution >= 0.6 is 0 Å². The van der Waals surface area contributed by atoms with E-state index in [-0.39, 0.29) is 29.6 Å². The minimum atomic E-state index is -3.52. The van der Waals surface area contributed by atoms with Gasteiger partial charge >= 0.3 is 0 Å². The standard InChI is InChI=1S/C27H31F6N3O/c1-16-13-19-18-6-2-7-21(30)24(18)35-25(19)26(36(16)14-27(32,33)15-37)22-20(29)9-8-17(23(22)31)5-3-11-34-12-4-10-28/h2,6-9,16,26,34-35,37H,3-5,10-15H2,1H3/t16-,26?/m1/s1. The lowest BCUT2D eigenvalue weighted by atomic mass is 9.87. The number of aliphatic hydroxyl groups excluding tert-OH is 1. The van der Waals surface area contributed by atoms with Crippen LogP contribution in [0.15, 0.2) is 30.3 Å². The third kappa shape index (κ3) is 5.66. The maximum absolute atomic E-state index is 15.9. The number of hydrogen-bond donors (Lipinski definition) is 3. The molecule has 1 unspecified atom stereocenters. The van der Waals surface area contributed by atoms with Gasteiger partial charge in [0.25, 0.3) is 5.92 Å². The summed E-state index contributed by atoms with van der Waals surface area (Å²) in [6, 6.07) is 5.05. The summed E-state index contributed by atoms with van der Waals surface area (Å²) in [7, 11) is 0. The number of nitrogens with one attached hydrogen (secondary N) is 2. The van der Waals surface area contributed by atoms with Gasteiger partial charge in [-0.2, -0.15) is 0 Å². The summed E-state index contributed by atoms with van der Waals surface area (Å²) >= 11 is 0. The van der Waals surface area contributed by atoms with Crippen molar-refractivity contribution >= 4 is 10.9 Å². The Balaban J connectivity index is 1.78. The van der Waals surface area contributed by atoms with E-state index in [1.54, 1.807) is 13.0 Å².